The minimum atomic E-state index is -0.390. The molecular weight excluding hydrogens is 307 g/mol. The Hall–Kier alpha value is -2.56. The zero-order valence-corrected chi connectivity index (χ0v) is 14.3. The predicted molar refractivity (Wildman–Crippen MR) is 95.3 cm³/mol. The van der Waals surface area contributed by atoms with Crippen molar-refractivity contribution in [1.29, 1.82) is 0 Å². The summed E-state index contributed by atoms with van der Waals surface area (Å²) in [6.45, 7) is 2.31. The van der Waals surface area contributed by atoms with Gasteiger partial charge in [-0.2, -0.15) is 0 Å². The molecule has 0 unspecified atom stereocenters. The van der Waals surface area contributed by atoms with Gasteiger partial charge in [0.25, 0.3) is 0 Å². The lowest BCUT2D eigenvalue weighted by Gasteiger charge is -2.16. The number of carbonyl (C=O) groups is 1. The van der Waals surface area contributed by atoms with Crippen LogP contribution in [-0.4, -0.2) is 26.6 Å². The molecule has 0 fully saturated rings. The second-order valence-corrected chi connectivity index (χ2v) is 5.83. The van der Waals surface area contributed by atoms with Gasteiger partial charge in [0.15, 0.2) is 11.6 Å². The summed E-state index contributed by atoms with van der Waals surface area (Å²) in [5.74, 6) is -0.254. The molecule has 0 bridgehead atoms. The first-order valence-corrected chi connectivity index (χ1v) is 7.92. The molecule has 2 aromatic carbocycles. The molecule has 0 aliphatic rings. The highest BCUT2D eigenvalue weighted by atomic mass is 19.1. The number of ether oxygens (including phenoxy) is 1. The molecule has 5 heteroatoms. The third-order valence-corrected chi connectivity index (χ3v) is 3.60. The molecule has 0 saturated carbocycles. The van der Waals surface area contributed by atoms with E-state index in [1.54, 1.807) is 18.2 Å². The van der Waals surface area contributed by atoms with Crippen molar-refractivity contribution in [1.82, 2.24) is 0 Å². The lowest BCUT2D eigenvalue weighted by Crippen LogP contribution is -2.14. The van der Waals surface area contributed by atoms with E-state index in [1.807, 2.05) is 44.1 Å². The summed E-state index contributed by atoms with van der Waals surface area (Å²) in [6, 6.07) is 12.1. The molecular formula is C19H23FN2O2. The fourth-order valence-corrected chi connectivity index (χ4v) is 2.44. The zero-order valence-electron chi connectivity index (χ0n) is 14.3. The molecule has 2 rings (SSSR count). The van der Waals surface area contributed by atoms with Gasteiger partial charge < -0.3 is 15.0 Å². The van der Waals surface area contributed by atoms with E-state index in [-0.39, 0.29) is 11.7 Å². The average molecular weight is 330 g/mol. The van der Waals surface area contributed by atoms with Crippen molar-refractivity contribution in [2.24, 2.45) is 0 Å². The normalized spacial score (nSPS) is 10.3. The highest BCUT2D eigenvalue weighted by molar-refractivity contribution is 5.91. The number of nitrogens with one attached hydrogen (secondary N) is 1. The van der Waals surface area contributed by atoms with E-state index in [1.165, 1.54) is 6.07 Å². The first-order valence-electron chi connectivity index (χ1n) is 7.92. The Kier molecular flexibility index (Phi) is 6.18. The van der Waals surface area contributed by atoms with E-state index < -0.39 is 5.82 Å². The molecule has 0 aliphatic carbocycles. The molecule has 0 aliphatic heterocycles. The van der Waals surface area contributed by atoms with Crippen molar-refractivity contribution in [3.63, 3.8) is 0 Å². The molecule has 24 heavy (non-hydrogen) atoms. The average Bonchev–Trinajstić information content (AvgIpc) is 2.53. The molecule has 1 N–H and O–H groups in total. The Morgan fingerprint density at radius 1 is 1.21 bits per heavy atom. The molecule has 0 spiro atoms. The molecule has 0 saturated heterocycles. The number of halogens is 1. The van der Waals surface area contributed by atoms with Crippen LogP contribution in [0.15, 0.2) is 42.5 Å². The van der Waals surface area contributed by atoms with Gasteiger partial charge in [-0.05, 0) is 49.2 Å². The van der Waals surface area contributed by atoms with Gasteiger partial charge in [0.1, 0.15) is 0 Å². The zero-order chi connectivity index (χ0) is 17.5. The smallest absolute Gasteiger partial charge is 0.224 e. The highest BCUT2D eigenvalue weighted by Gasteiger charge is 2.06. The van der Waals surface area contributed by atoms with Crippen molar-refractivity contribution >= 4 is 17.3 Å². The number of aryl methyl sites for hydroxylation is 1. The molecule has 0 atom stereocenters. The van der Waals surface area contributed by atoms with Gasteiger partial charge >= 0.3 is 0 Å². The first-order chi connectivity index (χ1) is 11.5. The maximum Gasteiger partial charge on any atom is 0.224 e. The minimum absolute atomic E-state index is 0.0795. The molecule has 0 heterocycles. The maximum atomic E-state index is 13.4. The second kappa shape index (κ2) is 8.34. The number of rotatable bonds is 7. The van der Waals surface area contributed by atoms with Gasteiger partial charge in [-0.25, -0.2) is 4.39 Å². The SMILES string of the molecule is Cc1cc(NC(=O)CCCOc2ccccc2F)ccc1N(C)C. The van der Waals surface area contributed by atoms with Gasteiger partial charge in [-0.15, -0.1) is 0 Å². The van der Waals surface area contributed by atoms with Crippen LogP contribution in [0.1, 0.15) is 18.4 Å². The van der Waals surface area contributed by atoms with Crippen LogP contribution in [0.25, 0.3) is 0 Å². The third kappa shape index (κ3) is 4.98. The topological polar surface area (TPSA) is 41.6 Å². The summed E-state index contributed by atoms with van der Waals surface area (Å²) < 4.78 is 18.7. The Morgan fingerprint density at radius 3 is 2.62 bits per heavy atom. The van der Waals surface area contributed by atoms with Crippen LogP contribution in [0.2, 0.25) is 0 Å². The number of amides is 1. The van der Waals surface area contributed by atoms with E-state index >= 15 is 0 Å². The monoisotopic (exact) mass is 330 g/mol. The van der Waals surface area contributed by atoms with Crippen LogP contribution in [-0.2, 0) is 4.79 Å². The number of benzene rings is 2. The lowest BCUT2D eigenvalue weighted by atomic mass is 10.1. The Balaban J connectivity index is 1.77. The molecule has 1 amide bonds. The van der Waals surface area contributed by atoms with E-state index in [4.69, 9.17) is 4.74 Å². The molecule has 0 radical (unpaired) electrons. The standard InChI is InChI=1S/C19H23FN2O2/c1-14-13-15(10-11-17(14)22(2)3)21-19(23)9-6-12-24-18-8-5-4-7-16(18)20/h4-5,7-8,10-11,13H,6,9,12H2,1-3H3,(H,21,23). The fraction of sp³-hybridized carbons (Fsp3) is 0.316. The largest absolute Gasteiger partial charge is 0.491 e. The van der Waals surface area contributed by atoms with E-state index in [0.717, 1.165) is 16.9 Å². The van der Waals surface area contributed by atoms with Gasteiger partial charge in [-0.3, -0.25) is 4.79 Å². The molecule has 2 aromatic rings. The second-order valence-electron chi connectivity index (χ2n) is 5.83. The molecule has 4 nitrogen and oxygen atoms in total. The summed E-state index contributed by atoms with van der Waals surface area (Å²) in [7, 11) is 3.96. The van der Waals surface area contributed by atoms with Gasteiger partial charge in [0, 0.05) is 31.9 Å². The van der Waals surface area contributed by atoms with Crippen LogP contribution in [0.5, 0.6) is 5.75 Å². The summed E-state index contributed by atoms with van der Waals surface area (Å²) in [6.07, 6.45) is 0.845. The number of hydrogen-bond donors (Lipinski definition) is 1. The summed E-state index contributed by atoms with van der Waals surface area (Å²) >= 11 is 0. The Labute approximate surface area is 142 Å². The predicted octanol–water partition coefficient (Wildman–Crippen LogP) is 4.00. The number of para-hydroxylation sites is 1. The van der Waals surface area contributed by atoms with E-state index in [2.05, 4.69) is 5.32 Å². The summed E-state index contributed by atoms with van der Waals surface area (Å²) in [5, 5.41) is 2.87. The van der Waals surface area contributed by atoms with E-state index in [9.17, 15) is 9.18 Å². The molecule has 0 aromatic heterocycles. The van der Waals surface area contributed by atoms with Crippen LogP contribution in [0.4, 0.5) is 15.8 Å². The van der Waals surface area contributed by atoms with Crippen LogP contribution in [0.3, 0.4) is 0 Å². The summed E-state index contributed by atoms with van der Waals surface area (Å²) in [5.41, 5.74) is 2.99. The number of nitrogens with zero attached hydrogens (tertiary/aromatic N) is 1. The van der Waals surface area contributed by atoms with Crippen molar-refractivity contribution in [2.45, 2.75) is 19.8 Å². The summed E-state index contributed by atoms with van der Waals surface area (Å²) in [4.78, 5) is 14.0. The van der Waals surface area contributed by atoms with Gasteiger partial charge in [0.05, 0.1) is 6.61 Å². The van der Waals surface area contributed by atoms with Crippen molar-refractivity contribution < 1.29 is 13.9 Å². The number of hydrogen-bond acceptors (Lipinski definition) is 3. The number of carbonyl (C=O) groups excluding carboxylic acids is 1. The number of anilines is 2. The van der Waals surface area contributed by atoms with Crippen LogP contribution in [0, 0.1) is 12.7 Å². The van der Waals surface area contributed by atoms with Crippen molar-refractivity contribution in [3.8, 4) is 5.75 Å². The maximum absolute atomic E-state index is 13.4. The fourth-order valence-electron chi connectivity index (χ4n) is 2.44. The van der Waals surface area contributed by atoms with Crippen LogP contribution < -0.4 is 15.0 Å². The van der Waals surface area contributed by atoms with Gasteiger partial charge in [-0.1, -0.05) is 12.1 Å². The third-order valence-electron chi connectivity index (χ3n) is 3.60. The Bertz CT molecular complexity index is 702. The van der Waals surface area contributed by atoms with Gasteiger partial charge in [0.2, 0.25) is 5.91 Å². The van der Waals surface area contributed by atoms with Crippen molar-refractivity contribution in [3.05, 3.63) is 53.8 Å². The molecule has 128 valence electrons. The lowest BCUT2D eigenvalue weighted by molar-refractivity contribution is -0.116. The van der Waals surface area contributed by atoms with Crippen molar-refractivity contribution in [2.75, 3.05) is 30.9 Å². The minimum Gasteiger partial charge on any atom is -0.491 e. The van der Waals surface area contributed by atoms with E-state index in [0.29, 0.717) is 19.4 Å². The first kappa shape index (κ1) is 17.8. The quantitative estimate of drug-likeness (QED) is 0.780. The Morgan fingerprint density at radius 2 is 1.96 bits per heavy atom. The highest BCUT2D eigenvalue weighted by Crippen LogP contribution is 2.22. The van der Waals surface area contributed by atoms with Crippen LogP contribution >= 0.6 is 0 Å².